The van der Waals surface area contributed by atoms with Gasteiger partial charge >= 0.3 is 0 Å². The quantitative estimate of drug-likeness (QED) is 0.735. The molecule has 0 saturated heterocycles. The van der Waals surface area contributed by atoms with Gasteiger partial charge in [-0.05, 0) is 19.8 Å². The van der Waals surface area contributed by atoms with Crippen LogP contribution in [0.3, 0.4) is 0 Å². The summed E-state index contributed by atoms with van der Waals surface area (Å²) in [6.45, 7) is 2.09. The molecule has 0 atom stereocenters. The number of carbonyl (C=O) groups excluding carboxylic acids is 1. The Balaban J connectivity index is 1.44. The Morgan fingerprint density at radius 1 is 1.23 bits per heavy atom. The van der Waals surface area contributed by atoms with Crippen molar-refractivity contribution in [1.82, 2.24) is 20.4 Å². The average molecular weight is 350 g/mol. The first kappa shape index (κ1) is 16.3. The second-order valence-corrected chi connectivity index (χ2v) is 6.21. The fourth-order valence-electron chi connectivity index (χ4n) is 2.53. The van der Waals surface area contributed by atoms with E-state index in [0.717, 1.165) is 29.7 Å². The van der Waals surface area contributed by atoms with Crippen LogP contribution in [0.5, 0.6) is 5.88 Å². The Morgan fingerprint density at radius 3 is 2.73 bits per heavy atom. The van der Waals surface area contributed by atoms with E-state index < -0.39 is 0 Å². The standard InChI is InChI=1S/C19H18N4O3/c1-12-15(18(23-26-12)13-5-3-2-4-6-13)11-25-17-10-20-16(9-21-17)19(24)22-14-7-8-14/h2-6,9-10,14H,7-8,11H2,1H3,(H,22,24). The van der Waals surface area contributed by atoms with Gasteiger partial charge in [-0.1, -0.05) is 35.5 Å². The predicted molar refractivity (Wildman–Crippen MR) is 93.5 cm³/mol. The molecule has 1 aliphatic rings. The Hall–Kier alpha value is -3.22. The molecule has 26 heavy (non-hydrogen) atoms. The van der Waals surface area contributed by atoms with Crippen molar-refractivity contribution in [3.05, 3.63) is 59.7 Å². The highest BCUT2D eigenvalue weighted by molar-refractivity contribution is 5.92. The van der Waals surface area contributed by atoms with Crippen molar-refractivity contribution in [2.24, 2.45) is 0 Å². The summed E-state index contributed by atoms with van der Waals surface area (Å²) in [5, 5.41) is 7.00. The van der Waals surface area contributed by atoms with Crippen LogP contribution >= 0.6 is 0 Å². The number of carbonyl (C=O) groups is 1. The highest BCUT2D eigenvalue weighted by Crippen LogP contribution is 2.26. The van der Waals surface area contributed by atoms with Gasteiger partial charge in [-0.2, -0.15) is 0 Å². The fraction of sp³-hybridized carbons (Fsp3) is 0.263. The molecule has 132 valence electrons. The monoisotopic (exact) mass is 350 g/mol. The molecule has 1 amide bonds. The number of aryl methyl sites for hydroxylation is 1. The molecule has 1 N–H and O–H groups in total. The summed E-state index contributed by atoms with van der Waals surface area (Å²) in [5.74, 6) is 0.831. The van der Waals surface area contributed by atoms with E-state index in [1.807, 2.05) is 37.3 Å². The van der Waals surface area contributed by atoms with Crippen LogP contribution in [0.15, 0.2) is 47.2 Å². The van der Waals surface area contributed by atoms with Crippen molar-refractivity contribution in [2.45, 2.75) is 32.4 Å². The molecule has 1 aromatic carbocycles. The van der Waals surface area contributed by atoms with Crippen LogP contribution in [-0.2, 0) is 6.61 Å². The first-order valence-corrected chi connectivity index (χ1v) is 8.47. The van der Waals surface area contributed by atoms with Crippen molar-refractivity contribution in [2.75, 3.05) is 0 Å². The summed E-state index contributed by atoms with van der Waals surface area (Å²) in [6, 6.07) is 10.1. The smallest absolute Gasteiger partial charge is 0.271 e. The van der Waals surface area contributed by atoms with E-state index in [1.165, 1.54) is 12.4 Å². The van der Waals surface area contributed by atoms with Crippen LogP contribution in [0.1, 0.15) is 34.7 Å². The first-order valence-electron chi connectivity index (χ1n) is 8.47. The van der Waals surface area contributed by atoms with Gasteiger partial charge in [0, 0.05) is 11.6 Å². The summed E-state index contributed by atoms with van der Waals surface area (Å²) >= 11 is 0. The zero-order valence-electron chi connectivity index (χ0n) is 14.3. The topological polar surface area (TPSA) is 90.1 Å². The molecule has 3 aromatic rings. The van der Waals surface area contributed by atoms with Gasteiger partial charge in [-0.25, -0.2) is 9.97 Å². The van der Waals surface area contributed by atoms with Crippen molar-refractivity contribution >= 4 is 5.91 Å². The van der Waals surface area contributed by atoms with Crippen LogP contribution in [0, 0.1) is 6.92 Å². The van der Waals surface area contributed by atoms with Crippen LogP contribution in [0.2, 0.25) is 0 Å². The zero-order valence-corrected chi connectivity index (χ0v) is 14.3. The zero-order chi connectivity index (χ0) is 17.9. The molecule has 0 unspecified atom stereocenters. The summed E-state index contributed by atoms with van der Waals surface area (Å²) in [6.07, 6.45) is 4.93. The summed E-state index contributed by atoms with van der Waals surface area (Å²) in [4.78, 5) is 20.2. The Bertz CT molecular complexity index is 902. The van der Waals surface area contributed by atoms with E-state index in [1.54, 1.807) is 0 Å². The molecule has 0 spiro atoms. The number of nitrogens with one attached hydrogen (secondary N) is 1. The Morgan fingerprint density at radius 2 is 2.04 bits per heavy atom. The number of hydrogen-bond acceptors (Lipinski definition) is 6. The van der Waals surface area contributed by atoms with Crippen molar-refractivity contribution in [3.63, 3.8) is 0 Å². The lowest BCUT2D eigenvalue weighted by molar-refractivity contribution is 0.0945. The largest absolute Gasteiger partial charge is 0.471 e. The molecule has 7 nitrogen and oxygen atoms in total. The van der Waals surface area contributed by atoms with Crippen LogP contribution in [0.25, 0.3) is 11.3 Å². The molecule has 2 heterocycles. The number of benzene rings is 1. The maximum atomic E-state index is 11.9. The number of aromatic nitrogens is 3. The first-order chi connectivity index (χ1) is 12.7. The number of nitrogens with zero attached hydrogens (tertiary/aromatic N) is 3. The minimum Gasteiger partial charge on any atom is -0.471 e. The predicted octanol–water partition coefficient (Wildman–Crippen LogP) is 2.91. The van der Waals surface area contributed by atoms with E-state index in [2.05, 4.69) is 20.4 Å². The maximum Gasteiger partial charge on any atom is 0.271 e. The molecular weight excluding hydrogens is 332 g/mol. The molecule has 0 bridgehead atoms. The number of ether oxygens (including phenoxy) is 1. The third-order valence-corrected chi connectivity index (χ3v) is 4.17. The second kappa shape index (κ2) is 6.95. The van der Waals surface area contributed by atoms with Gasteiger partial charge in [0.1, 0.15) is 23.8 Å². The molecule has 4 rings (SSSR count). The van der Waals surface area contributed by atoms with E-state index in [4.69, 9.17) is 9.26 Å². The molecule has 1 saturated carbocycles. The van der Waals surface area contributed by atoms with Crippen molar-refractivity contribution in [1.29, 1.82) is 0 Å². The minimum absolute atomic E-state index is 0.201. The third-order valence-electron chi connectivity index (χ3n) is 4.17. The highest BCUT2D eigenvalue weighted by Gasteiger charge is 2.24. The lowest BCUT2D eigenvalue weighted by atomic mass is 10.1. The van der Waals surface area contributed by atoms with Gasteiger partial charge in [-0.15, -0.1) is 0 Å². The van der Waals surface area contributed by atoms with Crippen LogP contribution < -0.4 is 10.1 Å². The van der Waals surface area contributed by atoms with Gasteiger partial charge in [0.2, 0.25) is 5.88 Å². The third kappa shape index (κ3) is 3.56. The molecule has 1 fully saturated rings. The molecule has 0 radical (unpaired) electrons. The number of rotatable bonds is 6. The molecule has 7 heteroatoms. The Kier molecular flexibility index (Phi) is 4.35. The van der Waals surface area contributed by atoms with E-state index >= 15 is 0 Å². The lowest BCUT2D eigenvalue weighted by Gasteiger charge is -2.07. The second-order valence-electron chi connectivity index (χ2n) is 6.21. The van der Waals surface area contributed by atoms with E-state index in [0.29, 0.717) is 11.6 Å². The normalized spacial score (nSPS) is 13.4. The van der Waals surface area contributed by atoms with Crippen LogP contribution in [0.4, 0.5) is 0 Å². The SMILES string of the molecule is Cc1onc(-c2ccccc2)c1COc1cnc(C(=O)NC2CC2)cn1. The fourth-order valence-corrected chi connectivity index (χ4v) is 2.53. The summed E-state index contributed by atoms with van der Waals surface area (Å²) in [7, 11) is 0. The average Bonchev–Trinajstić information content (AvgIpc) is 3.41. The maximum absolute atomic E-state index is 11.9. The number of hydrogen-bond donors (Lipinski definition) is 1. The van der Waals surface area contributed by atoms with Crippen LogP contribution in [-0.4, -0.2) is 27.1 Å². The van der Waals surface area contributed by atoms with Gasteiger partial charge in [0.15, 0.2) is 0 Å². The van der Waals surface area contributed by atoms with Gasteiger partial charge in [0.05, 0.1) is 18.0 Å². The van der Waals surface area contributed by atoms with Crippen molar-refractivity contribution < 1.29 is 14.1 Å². The van der Waals surface area contributed by atoms with E-state index in [-0.39, 0.29) is 24.2 Å². The highest BCUT2D eigenvalue weighted by atomic mass is 16.5. The molecule has 0 aliphatic heterocycles. The van der Waals surface area contributed by atoms with E-state index in [9.17, 15) is 4.79 Å². The van der Waals surface area contributed by atoms with Gasteiger partial charge in [0.25, 0.3) is 5.91 Å². The minimum atomic E-state index is -0.201. The van der Waals surface area contributed by atoms with Crippen molar-refractivity contribution in [3.8, 4) is 17.1 Å². The summed E-state index contributed by atoms with van der Waals surface area (Å²) < 4.78 is 11.0. The van der Waals surface area contributed by atoms with Gasteiger partial charge in [-0.3, -0.25) is 4.79 Å². The lowest BCUT2D eigenvalue weighted by Crippen LogP contribution is -2.26. The molecule has 2 aromatic heterocycles. The Labute approximate surface area is 150 Å². The number of amides is 1. The molecule has 1 aliphatic carbocycles. The summed E-state index contributed by atoms with van der Waals surface area (Å²) in [5.41, 5.74) is 2.85. The van der Waals surface area contributed by atoms with Gasteiger partial charge < -0.3 is 14.6 Å². The molecular formula is C19H18N4O3.